The summed E-state index contributed by atoms with van der Waals surface area (Å²) < 4.78 is 13.0. The van der Waals surface area contributed by atoms with Gasteiger partial charge in [0.1, 0.15) is 0 Å². The second kappa shape index (κ2) is 2.80. The van der Waals surface area contributed by atoms with Crippen LogP contribution >= 0.6 is 0 Å². The molecular formula is C9H8FNO2. The molecule has 0 radical (unpaired) electrons. The van der Waals surface area contributed by atoms with E-state index in [1.54, 1.807) is 6.07 Å². The molecule has 1 aromatic rings. The lowest BCUT2D eigenvalue weighted by Gasteiger charge is -2.00. The summed E-state index contributed by atoms with van der Waals surface area (Å²) in [6, 6.07) is 4.29. The van der Waals surface area contributed by atoms with E-state index >= 15 is 0 Å². The summed E-state index contributed by atoms with van der Waals surface area (Å²) in [7, 11) is 0. The third-order valence-corrected chi connectivity index (χ3v) is 2.22. The summed E-state index contributed by atoms with van der Waals surface area (Å²) in [5.41, 5.74) is 0.204. The lowest BCUT2D eigenvalue weighted by atomic mass is 10.1. The van der Waals surface area contributed by atoms with E-state index in [2.05, 4.69) is 0 Å². The molecule has 2 rings (SSSR count). The molecule has 0 atom stereocenters. The van der Waals surface area contributed by atoms with E-state index in [0.717, 1.165) is 18.9 Å². The summed E-state index contributed by atoms with van der Waals surface area (Å²) in [6.07, 6.45) is 1.87. The molecule has 1 aliphatic carbocycles. The number of halogens is 1. The van der Waals surface area contributed by atoms with Crippen LogP contribution in [0.3, 0.4) is 0 Å². The average Bonchev–Trinajstić information content (AvgIpc) is 2.85. The van der Waals surface area contributed by atoms with Crippen molar-refractivity contribution in [1.29, 1.82) is 0 Å². The van der Waals surface area contributed by atoms with Crippen molar-refractivity contribution < 1.29 is 9.31 Å². The molecule has 1 saturated carbocycles. The number of hydrogen-bond acceptors (Lipinski definition) is 2. The van der Waals surface area contributed by atoms with Crippen molar-refractivity contribution >= 4 is 5.69 Å². The number of para-hydroxylation sites is 1. The fourth-order valence-electron chi connectivity index (χ4n) is 1.45. The molecular weight excluding hydrogens is 173 g/mol. The van der Waals surface area contributed by atoms with Crippen LogP contribution in [-0.2, 0) is 0 Å². The molecule has 0 saturated heterocycles. The van der Waals surface area contributed by atoms with Gasteiger partial charge in [-0.15, -0.1) is 0 Å². The molecule has 1 aromatic carbocycles. The van der Waals surface area contributed by atoms with E-state index in [1.807, 2.05) is 0 Å². The van der Waals surface area contributed by atoms with Gasteiger partial charge in [-0.3, -0.25) is 10.1 Å². The Kier molecular flexibility index (Phi) is 1.76. The van der Waals surface area contributed by atoms with Crippen LogP contribution in [0.1, 0.15) is 24.3 Å². The molecule has 0 bridgehead atoms. The molecule has 0 amide bonds. The zero-order chi connectivity index (χ0) is 9.42. The minimum atomic E-state index is -0.727. The molecule has 4 heteroatoms. The van der Waals surface area contributed by atoms with Gasteiger partial charge < -0.3 is 0 Å². The highest BCUT2D eigenvalue weighted by Crippen LogP contribution is 2.44. The molecule has 0 aliphatic heterocycles. The summed E-state index contributed by atoms with van der Waals surface area (Å²) in [6.45, 7) is 0. The predicted octanol–water partition coefficient (Wildman–Crippen LogP) is 2.61. The largest absolute Gasteiger partial charge is 0.308 e. The molecule has 0 aromatic heterocycles. The maximum absolute atomic E-state index is 13.0. The third kappa shape index (κ3) is 1.39. The quantitative estimate of drug-likeness (QED) is 0.519. The van der Waals surface area contributed by atoms with Crippen LogP contribution in [0, 0.1) is 15.9 Å². The van der Waals surface area contributed by atoms with E-state index in [9.17, 15) is 14.5 Å². The van der Waals surface area contributed by atoms with Gasteiger partial charge in [0.25, 0.3) is 0 Å². The van der Waals surface area contributed by atoms with Gasteiger partial charge in [-0.2, -0.15) is 4.39 Å². The molecule has 1 aliphatic rings. The number of nitrogens with zero attached hydrogens (tertiary/aromatic N) is 1. The molecule has 1 fully saturated rings. The van der Waals surface area contributed by atoms with E-state index in [-0.39, 0.29) is 11.6 Å². The summed E-state index contributed by atoms with van der Waals surface area (Å²) in [4.78, 5) is 9.90. The maximum Gasteiger partial charge on any atom is 0.308 e. The first-order valence-corrected chi connectivity index (χ1v) is 4.13. The second-order valence-electron chi connectivity index (χ2n) is 3.21. The fourth-order valence-corrected chi connectivity index (χ4v) is 1.45. The Morgan fingerprint density at radius 3 is 2.69 bits per heavy atom. The van der Waals surface area contributed by atoms with Crippen molar-refractivity contribution in [2.24, 2.45) is 0 Å². The van der Waals surface area contributed by atoms with Crippen LogP contribution in [0.5, 0.6) is 0 Å². The first-order chi connectivity index (χ1) is 6.20. The Labute approximate surface area is 74.3 Å². The number of rotatable bonds is 2. The fraction of sp³-hybridized carbons (Fsp3) is 0.333. The lowest BCUT2D eigenvalue weighted by Crippen LogP contribution is -1.97. The second-order valence-corrected chi connectivity index (χ2v) is 3.21. The van der Waals surface area contributed by atoms with Crippen LogP contribution in [-0.4, -0.2) is 4.92 Å². The SMILES string of the molecule is O=[N+]([O-])c1c(F)cccc1C1CC1. The minimum absolute atomic E-state index is 0.205. The van der Waals surface area contributed by atoms with Gasteiger partial charge in [0.05, 0.1) is 4.92 Å². The monoisotopic (exact) mass is 181 g/mol. The highest BCUT2D eigenvalue weighted by atomic mass is 19.1. The Hall–Kier alpha value is -1.45. The minimum Gasteiger partial charge on any atom is -0.258 e. The summed E-state index contributed by atoms with van der Waals surface area (Å²) in [5.74, 6) is -0.523. The zero-order valence-electron chi connectivity index (χ0n) is 6.87. The van der Waals surface area contributed by atoms with Crippen molar-refractivity contribution in [3.63, 3.8) is 0 Å². The normalized spacial score (nSPS) is 15.8. The van der Waals surface area contributed by atoms with Crippen molar-refractivity contribution in [3.8, 4) is 0 Å². The standard InChI is InChI=1S/C9H8FNO2/c10-8-3-1-2-7(6-4-5-6)9(8)11(12)13/h1-3,6H,4-5H2. The van der Waals surface area contributed by atoms with E-state index in [0.29, 0.717) is 5.56 Å². The predicted molar refractivity (Wildman–Crippen MR) is 45.0 cm³/mol. The Morgan fingerprint density at radius 2 is 2.15 bits per heavy atom. The van der Waals surface area contributed by atoms with Gasteiger partial charge in [-0.1, -0.05) is 12.1 Å². The number of hydrogen-bond donors (Lipinski definition) is 0. The Balaban J connectivity index is 2.53. The summed E-state index contributed by atoms with van der Waals surface area (Å²) >= 11 is 0. The van der Waals surface area contributed by atoms with Gasteiger partial charge >= 0.3 is 5.69 Å². The number of benzene rings is 1. The molecule has 68 valence electrons. The maximum atomic E-state index is 13.0. The first-order valence-electron chi connectivity index (χ1n) is 4.13. The van der Waals surface area contributed by atoms with Crippen LogP contribution in [0.25, 0.3) is 0 Å². The molecule has 0 spiro atoms. The average molecular weight is 181 g/mol. The molecule has 0 heterocycles. The Bertz CT molecular complexity index is 361. The topological polar surface area (TPSA) is 43.1 Å². The van der Waals surface area contributed by atoms with Gasteiger partial charge in [-0.05, 0) is 24.8 Å². The first kappa shape index (κ1) is 8.16. The van der Waals surface area contributed by atoms with Crippen LogP contribution in [0.15, 0.2) is 18.2 Å². The van der Waals surface area contributed by atoms with Crippen LogP contribution < -0.4 is 0 Å². The van der Waals surface area contributed by atoms with Crippen molar-refractivity contribution in [3.05, 3.63) is 39.7 Å². The van der Waals surface area contributed by atoms with Gasteiger partial charge in [0, 0.05) is 5.56 Å². The lowest BCUT2D eigenvalue weighted by molar-refractivity contribution is -0.388. The molecule has 3 nitrogen and oxygen atoms in total. The van der Waals surface area contributed by atoms with Crippen molar-refractivity contribution in [1.82, 2.24) is 0 Å². The van der Waals surface area contributed by atoms with Gasteiger partial charge in [0.2, 0.25) is 5.82 Å². The highest BCUT2D eigenvalue weighted by molar-refractivity contribution is 5.45. The summed E-state index contributed by atoms with van der Waals surface area (Å²) in [5, 5.41) is 10.5. The molecule has 0 unspecified atom stereocenters. The van der Waals surface area contributed by atoms with Crippen LogP contribution in [0.4, 0.5) is 10.1 Å². The van der Waals surface area contributed by atoms with Gasteiger partial charge in [0.15, 0.2) is 0 Å². The Morgan fingerprint density at radius 1 is 1.46 bits per heavy atom. The van der Waals surface area contributed by atoms with E-state index < -0.39 is 10.7 Å². The van der Waals surface area contributed by atoms with Crippen molar-refractivity contribution in [2.45, 2.75) is 18.8 Å². The molecule has 13 heavy (non-hydrogen) atoms. The third-order valence-electron chi connectivity index (χ3n) is 2.22. The molecule has 0 N–H and O–H groups in total. The number of nitro benzene ring substituents is 1. The zero-order valence-corrected chi connectivity index (χ0v) is 6.87. The smallest absolute Gasteiger partial charge is 0.258 e. The van der Waals surface area contributed by atoms with E-state index in [4.69, 9.17) is 0 Å². The van der Waals surface area contributed by atoms with Crippen molar-refractivity contribution in [2.75, 3.05) is 0 Å². The number of nitro groups is 1. The van der Waals surface area contributed by atoms with Gasteiger partial charge in [-0.25, -0.2) is 0 Å². The highest BCUT2D eigenvalue weighted by Gasteiger charge is 2.32. The van der Waals surface area contributed by atoms with E-state index in [1.165, 1.54) is 6.07 Å². The van der Waals surface area contributed by atoms with Crippen LogP contribution in [0.2, 0.25) is 0 Å².